The Morgan fingerprint density at radius 2 is 1.83 bits per heavy atom. The van der Waals surface area contributed by atoms with E-state index in [2.05, 4.69) is 5.32 Å². The van der Waals surface area contributed by atoms with Crippen molar-refractivity contribution in [3.05, 3.63) is 63.7 Å². The fraction of sp³-hybridized carbons (Fsp3) is 0.263. The molecule has 0 fully saturated rings. The summed E-state index contributed by atoms with van der Waals surface area (Å²) in [5, 5.41) is 13.8. The van der Waals surface area contributed by atoms with Crippen LogP contribution < -0.4 is 5.32 Å². The molecule has 0 spiro atoms. The van der Waals surface area contributed by atoms with Crippen LogP contribution >= 0.6 is 0 Å². The summed E-state index contributed by atoms with van der Waals surface area (Å²) in [5.41, 5.74) is 0.535. The monoisotopic (exact) mass is 420 g/mol. The van der Waals surface area contributed by atoms with E-state index >= 15 is 0 Å². The second-order valence-electron chi connectivity index (χ2n) is 6.58. The lowest BCUT2D eigenvalue weighted by Crippen LogP contribution is -2.21. The molecule has 1 amide bonds. The molecule has 0 aliphatic heterocycles. The molecule has 2 rings (SSSR count). The molecule has 0 unspecified atom stereocenters. The van der Waals surface area contributed by atoms with E-state index in [0.717, 1.165) is 30.0 Å². The topological polar surface area (TPSA) is 133 Å². The molecule has 1 N–H and O–H groups in total. The Balaban J connectivity index is 2.11. The third kappa shape index (κ3) is 5.61. The second kappa shape index (κ2) is 8.82. The third-order valence-electron chi connectivity index (χ3n) is 3.98. The van der Waals surface area contributed by atoms with Crippen molar-refractivity contribution < 1.29 is 27.7 Å². The fourth-order valence-corrected chi connectivity index (χ4v) is 3.44. The second-order valence-corrected chi connectivity index (χ2v) is 8.56. The van der Waals surface area contributed by atoms with Gasteiger partial charge in [0.05, 0.1) is 10.5 Å². The number of hydrogen-bond donors (Lipinski definition) is 1. The van der Waals surface area contributed by atoms with E-state index in [4.69, 9.17) is 4.74 Å². The summed E-state index contributed by atoms with van der Waals surface area (Å²) in [6.45, 7) is 3.34. The fourth-order valence-electron chi connectivity index (χ4n) is 2.62. The molecule has 9 nitrogen and oxygen atoms in total. The van der Waals surface area contributed by atoms with Crippen LogP contribution in [0.2, 0.25) is 0 Å². The number of nitrogens with zero attached hydrogens (tertiary/aromatic N) is 1. The van der Waals surface area contributed by atoms with E-state index in [9.17, 15) is 28.1 Å². The van der Waals surface area contributed by atoms with E-state index in [0.29, 0.717) is 5.69 Å². The van der Waals surface area contributed by atoms with Crippen molar-refractivity contribution in [2.45, 2.75) is 24.7 Å². The van der Waals surface area contributed by atoms with Gasteiger partial charge in [-0.15, -0.1) is 0 Å². The summed E-state index contributed by atoms with van der Waals surface area (Å²) in [4.78, 5) is 34.0. The molecule has 2 aromatic rings. The van der Waals surface area contributed by atoms with Crippen LogP contribution in [0.25, 0.3) is 0 Å². The van der Waals surface area contributed by atoms with Crippen molar-refractivity contribution in [1.29, 1.82) is 0 Å². The molecule has 0 aromatic heterocycles. The van der Waals surface area contributed by atoms with Gasteiger partial charge in [-0.25, -0.2) is 13.2 Å². The number of nitro groups is 1. The lowest BCUT2D eigenvalue weighted by molar-refractivity contribution is -0.387. The third-order valence-corrected chi connectivity index (χ3v) is 5.13. The van der Waals surface area contributed by atoms with Gasteiger partial charge in [-0.05, 0) is 29.7 Å². The minimum Gasteiger partial charge on any atom is -0.452 e. The van der Waals surface area contributed by atoms with Gasteiger partial charge in [0.15, 0.2) is 16.4 Å². The zero-order valence-corrected chi connectivity index (χ0v) is 16.9. The van der Waals surface area contributed by atoms with Crippen LogP contribution in [0, 0.1) is 10.1 Å². The maximum Gasteiger partial charge on any atom is 0.338 e. The van der Waals surface area contributed by atoms with Crippen molar-refractivity contribution >= 4 is 33.1 Å². The largest absolute Gasteiger partial charge is 0.452 e. The zero-order chi connectivity index (χ0) is 21.8. The van der Waals surface area contributed by atoms with Crippen LogP contribution in [0.1, 0.15) is 35.7 Å². The number of nitro benzene ring substituents is 1. The minimum atomic E-state index is -3.85. The Morgan fingerprint density at radius 3 is 2.41 bits per heavy atom. The van der Waals surface area contributed by atoms with Gasteiger partial charge in [-0.1, -0.05) is 32.0 Å². The van der Waals surface area contributed by atoms with E-state index in [1.165, 1.54) is 0 Å². The van der Waals surface area contributed by atoms with E-state index in [1.807, 2.05) is 26.0 Å². The number of benzene rings is 2. The summed E-state index contributed by atoms with van der Waals surface area (Å²) in [5.74, 6) is -1.39. The van der Waals surface area contributed by atoms with Gasteiger partial charge < -0.3 is 10.1 Å². The number of carbonyl (C=O) groups excluding carboxylic acids is 2. The molecule has 0 radical (unpaired) electrons. The van der Waals surface area contributed by atoms with Gasteiger partial charge in [0.1, 0.15) is 4.90 Å². The maximum absolute atomic E-state index is 12.1. The van der Waals surface area contributed by atoms with Crippen molar-refractivity contribution in [2.75, 3.05) is 18.2 Å². The van der Waals surface area contributed by atoms with Gasteiger partial charge in [0.25, 0.3) is 11.6 Å². The minimum absolute atomic E-state index is 0.169. The Hall–Kier alpha value is -3.27. The van der Waals surface area contributed by atoms with Crippen molar-refractivity contribution in [2.24, 2.45) is 0 Å². The highest BCUT2D eigenvalue weighted by Gasteiger charge is 2.24. The molecule has 0 aliphatic rings. The van der Waals surface area contributed by atoms with E-state index in [1.54, 1.807) is 12.1 Å². The zero-order valence-electron chi connectivity index (χ0n) is 16.0. The Bertz CT molecular complexity index is 1060. The van der Waals surface area contributed by atoms with Crippen LogP contribution in [0.3, 0.4) is 0 Å². The Kier molecular flexibility index (Phi) is 6.70. The highest BCUT2D eigenvalue weighted by atomic mass is 32.2. The number of rotatable bonds is 7. The number of amides is 1. The van der Waals surface area contributed by atoms with Gasteiger partial charge in [0.2, 0.25) is 0 Å². The quantitative estimate of drug-likeness (QED) is 0.414. The van der Waals surface area contributed by atoms with Gasteiger partial charge in [0, 0.05) is 18.0 Å². The number of hydrogen-bond acceptors (Lipinski definition) is 7. The number of carbonyl (C=O) groups is 2. The number of anilines is 1. The summed E-state index contributed by atoms with van der Waals surface area (Å²) in [6.07, 6.45) is 0.826. The number of para-hydroxylation sites is 1. The average Bonchev–Trinajstić information content (AvgIpc) is 2.65. The van der Waals surface area contributed by atoms with Gasteiger partial charge in [-0.3, -0.25) is 14.9 Å². The number of esters is 1. The van der Waals surface area contributed by atoms with Crippen LogP contribution in [0.4, 0.5) is 11.4 Å². The van der Waals surface area contributed by atoms with Gasteiger partial charge in [-0.2, -0.15) is 0 Å². The molecule has 0 aliphatic carbocycles. The average molecular weight is 420 g/mol. The molecule has 0 heterocycles. The van der Waals surface area contributed by atoms with E-state index in [-0.39, 0.29) is 11.5 Å². The SMILES string of the molecule is CC(C)c1ccccc1NC(=O)COC(=O)c1ccc(S(C)(=O)=O)c([N+](=O)[O-])c1. The number of sulfone groups is 1. The highest BCUT2D eigenvalue weighted by molar-refractivity contribution is 7.90. The van der Waals surface area contributed by atoms with Crippen LogP contribution in [0.5, 0.6) is 0 Å². The van der Waals surface area contributed by atoms with E-state index < -0.39 is 43.8 Å². The first-order chi connectivity index (χ1) is 13.5. The Labute approximate surface area is 167 Å². The summed E-state index contributed by atoms with van der Waals surface area (Å²) in [6, 6.07) is 10.1. The smallest absolute Gasteiger partial charge is 0.338 e. The standard InChI is InChI=1S/C19H20N2O7S/c1-12(2)14-6-4-5-7-15(14)20-18(22)11-28-19(23)13-8-9-17(29(3,26)27)16(10-13)21(24)25/h4-10,12H,11H2,1-3H3,(H,20,22). The van der Waals surface area contributed by atoms with Crippen molar-refractivity contribution in [1.82, 2.24) is 0 Å². The highest BCUT2D eigenvalue weighted by Crippen LogP contribution is 2.26. The first-order valence-electron chi connectivity index (χ1n) is 8.55. The molecule has 0 saturated heterocycles. The molecule has 0 atom stereocenters. The predicted octanol–water partition coefficient (Wildman–Crippen LogP) is 2.92. The lowest BCUT2D eigenvalue weighted by atomic mass is 10.0. The molecule has 29 heavy (non-hydrogen) atoms. The van der Waals surface area contributed by atoms with Crippen molar-refractivity contribution in [3.63, 3.8) is 0 Å². The molecule has 154 valence electrons. The molecule has 0 bridgehead atoms. The maximum atomic E-state index is 12.1. The van der Waals surface area contributed by atoms with Crippen LogP contribution in [-0.4, -0.2) is 38.1 Å². The normalized spacial score (nSPS) is 11.2. The van der Waals surface area contributed by atoms with Crippen LogP contribution in [0.15, 0.2) is 47.4 Å². The molecular weight excluding hydrogens is 400 g/mol. The molecular formula is C19H20N2O7S. The number of nitrogens with one attached hydrogen (secondary N) is 1. The summed E-state index contributed by atoms with van der Waals surface area (Å²) >= 11 is 0. The lowest BCUT2D eigenvalue weighted by Gasteiger charge is -2.13. The van der Waals surface area contributed by atoms with Crippen molar-refractivity contribution in [3.8, 4) is 0 Å². The first-order valence-corrected chi connectivity index (χ1v) is 10.4. The molecule has 10 heteroatoms. The summed E-state index contributed by atoms with van der Waals surface area (Å²) < 4.78 is 28.2. The van der Waals surface area contributed by atoms with Gasteiger partial charge >= 0.3 is 5.97 Å². The predicted molar refractivity (Wildman–Crippen MR) is 106 cm³/mol. The Morgan fingerprint density at radius 1 is 1.17 bits per heavy atom. The molecule has 0 saturated carbocycles. The van der Waals surface area contributed by atoms with Crippen LogP contribution in [-0.2, 0) is 19.4 Å². The first kappa shape index (κ1) is 22.0. The molecule has 2 aromatic carbocycles. The summed E-state index contributed by atoms with van der Waals surface area (Å²) in [7, 11) is -3.85. The number of ether oxygens (including phenoxy) is 1.